The van der Waals surface area contributed by atoms with Crippen LogP contribution in [0.3, 0.4) is 0 Å². The summed E-state index contributed by atoms with van der Waals surface area (Å²) in [4.78, 5) is 0. The lowest BCUT2D eigenvalue weighted by molar-refractivity contribution is 0.0179. The Kier molecular flexibility index (Phi) is 9.19. The molecule has 4 nitrogen and oxygen atoms in total. The van der Waals surface area contributed by atoms with Crippen LogP contribution in [-0.4, -0.2) is 46.8 Å². The van der Waals surface area contributed by atoms with Crippen LogP contribution in [0.1, 0.15) is 0 Å². The lowest BCUT2D eigenvalue weighted by atomic mass is 10.3. The minimum absolute atomic E-state index is 0.554. The number of hydrogen-bond acceptors (Lipinski definition) is 4. The average Bonchev–Trinajstić information content (AvgIpc) is 2.39. The van der Waals surface area contributed by atoms with Gasteiger partial charge in [-0.2, -0.15) is 0 Å². The molecule has 0 atom stereocenters. The van der Waals surface area contributed by atoms with Crippen molar-refractivity contribution in [3.8, 4) is 5.75 Å². The molecular formula is C13H19IO4. The summed E-state index contributed by atoms with van der Waals surface area (Å²) in [5.74, 6) is 0.901. The summed E-state index contributed by atoms with van der Waals surface area (Å²) in [5, 5.41) is 0. The molecule has 0 aliphatic carbocycles. The van der Waals surface area contributed by atoms with E-state index in [-0.39, 0.29) is 0 Å². The molecule has 1 rings (SSSR count). The van der Waals surface area contributed by atoms with Gasteiger partial charge in [0.25, 0.3) is 0 Å². The highest BCUT2D eigenvalue weighted by molar-refractivity contribution is 14.1. The van der Waals surface area contributed by atoms with Gasteiger partial charge in [-0.1, -0.05) is 12.1 Å². The molecule has 0 aliphatic rings. The fraction of sp³-hybridized carbons (Fsp3) is 0.538. The van der Waals surface area contributed by atoms with Crippen molar-refractivity contribution >= 4 is 22.6 Å². The zero-order chi connectivity index (χ0) is 13.1. The Balaban J connectivity index is 1.94. The van der Waals surface area contributed by atoms with Crippen molar-refractivity contribution in [1.82, 2.24) is 0 Å². The topological polar surface area (TPSA) is 36.9 Å². The van der Waals surface area contributed by atoms with Crippen LogP contribution in [0.5, 0.6) is 5.75 Å². The molecule has 0 aromatic heterocycles. The first kappa shape index (κ1) is 15.7. The third kappa shape index (κ3) is 7.15. The van der Waals surface area contributed by atoms with Crippen LogP contribution < -0.4 is 4.74 Å². The van der Waals surface area contributed by atoms with Gasteiger partial charge < -0.3 is 18.9 Å². The van der Waals surface area contributed by atoms with Crippen LogP contribution in [-0.2, 0) is 14.2 Å². The molecular weight excluding hydrogens is 347 g/mol. The van der Waals surface area contributed by atoms with Gasteiger partial charge in [-0.05, 0) is 34.7 Å². The molecule has 0 spiro atoms. The number of halogens is 1. The van der Waals surface area contributed by atoms with Gasteiger partial charge in [0.1, 0.15) is 12.4 Å². The maximum absolute atomic E-state index is 5.59. The summed E-state index contributed by atoms with van der Waals surface area (Å²) >= 11 is 2.25. The lowest BCUT2D eigenvalue weighted by Gasteiger charge is -2.08. The quantitative estimate of drug-likeness (QED) is 0.471. The van der Waals surface area contributed by atoms with Gasteiger partial charge in [-0.25, -0.2) is 0 Å². The lowest BCUT2D eigenvalue weighted by Crippen LogP contribution is -2.12. The molecule has 0 radical (unpaired) electrons. The molecule has 0 N–H and O–H groups in total. The molecule has 0 saturated heterocycles. The SMILES string of the molecule is COCCOCCOCCOc1ccccc1I. The molecule has 1 aromatic carbocycles. The van der Waals surface area contributed by atoms with Crippen molar-refractivity contribution in [3.63, 3.8) is 0 Å². The molecule has 0 heterocycles. The first-order valence-electron chi connectivity index (χ1n) is 5.86. The molecule has 1 aromatic rings. The summed E-state index contributed by atoms with van der Waals surface area (Å²) in [7, 11) is 1.65. The Morgan fingerprint density at radius 1 is 0.889 bits per heavy atom. The fourth-order valence-corrected chi connectivity index (χ4v) is 1.78. The van der Waals surface area contributed by atoms with Crippen LogP contribution in [0.15, 0.2) is 24.3 Å². The summed E-state index contributed by atoms with van der Waals surface area (Å²) in [5.41, 5.74) is 0. The van der Waals surface area contributed by atoms with Gasteiger partial charge in [-0.3, -0.25) is 0 Å². The van der Waals surface area contributed by atoms with E-state index in [1.165, 1.54) is 0 Å². The number of benzene rings is 1. The number of methoxy groups -OCH3 is 1. The van der Waals surface area contributed by atoms with E-state index >= 15 is 0 Å². The first-order valence-corrected chi connectivity index (χ1v) is 6.94. The van der Waals surface area contributed by atoms with Crippen LogP contribution in [0.25, 0.3) is 0 Å². The number of para-hydroxylation sites is 1. The van der Waals surface area contributed by atoms with Crippen molar-refractivity contribution in [2.45, 2.75) is 0 Å². The number of ether oxygens (including phenoxy) is 4. The van der Waals surface area contributed by atoms with E-state index in [9.17, 15) is 0 Å². The largest absolute Gasteiger partial charge is 0.490 e. The van der Waals surface area contributed by atoms with Gasteiger partial charge in [0.05, 0.1) is 36.6 Å². The summed E-state index contributed by atoms with van der Waals surface area (Å²) in [6, 6.07) is 7.92. The van der Waals surface area contributed by atoms with Crippen LogP contribution in [0.2, 0.25) is 0 Å². The highest BCUT2D eigenvalue weighted by atomic mass is 127. The molecule has 0 aliphatic heterocycles. The monoisotopic (exact) mass is 366 g/mol. The van der Waals surface area contributed by atoms with E-state index in [1.807, 2.05) is 24.3 Å². The molecule has 18 heavy (non-hydrogen) atoms. The fourth-order valence-electron chi connectivity index (χ4n) is 1.24. The molecule has 102 valence electrons. The predicted molar refractivity (Wildman–Crippen MR) is 78.2 cm³/mol. The minimum atomic E-state index is 0.554. The zero-order valence-electron chi connectivity index (χ0n) is 10.6. The second-order valence-electron chi connectivity index (χ2n) is 3.50. The van der Waals surface area contributed by atoms with Gasteiger partial charge in [0.2, 0.25) is 0 Å². The van der Waals surface area contributed by atoms with E-state index < -0.39 is 0 Å². The molecule has 0 fully saturated rings. The second-order valence-corrected chi connectivity index (χ2v) is 4.66. The van der Waals surface area contributed by atoms with E-state index in [2.05, 4.69) is 22.6 Å². The highest BCUT2D eigenvalue weighted by Gasteiger charge is 1.98. The Hall–Kier alpha value is -0.370. The smallest absolute Gasteiger partial charge is 0.132 e. The van der Waals surface area contributed by atoms with Crippen LogP contribution in [0, 0.1) is 3.57 Å². The molecule has 0 unspecified atom stereocenters. The van der Waals surface area contributed by atoms with Crippen molar-refractivity contribution in [2.24, 2.45) is 0 Å². The molecule has 0 saturated carbocycles. The Labute approximate surface area is 122 Å². The standard InChI is InChI=1S/C13H19IO4/c1-15-6-7-16-8-9-17-10-11-18-13-5-3-2-4-12(13)14/h2-5H,6-11H2,1H3. The van der Waals surface area contributed by atoms with E-state index in [0.29, 0.717) is 39.6 Å². The zero-order valence-corrected chi connectivity index (χ0v) is 12.7. The van der Waals surface area contributed by atoms with Crippen LogP contribution >= 0.6 is 22.6 Å². The maximum atomic E-state index is 5.59. The third-order valence-electron chi connectivity index (χ3n) is 2.13. The molecule has 0 amide bonds. The normalized spacial score (nSPS) is 10.6. The van der Waals surface area contributed by atoms with Gasteiger partial charge in [-0.15, -0.1) is 0 Å². The molecule has 5 heteroatoms. The van der Waals surface area contributed by atoms with Crippen molar-refractivity contribution in [1.29, 1.82) is 0 Å². The van der Waals surface area contributed by atoms with Crippen LogP contribution in [0.4, 0.5) is 0 Å². The number of hydrogen-bond donors (Lipinski definition) is 0. The predicted octanol–water partition coefficient (Wildman–Crippen LogP) is 2.35. The van der Waals surface area contributed by atoms with E-state index in [1.54, 1.807) is 7.11 Å². The van der Waals surface area contributed by atoms with Gasteiger partial charge in [0.15, 0.2) is 0 Å². The average molecular weight is 366 g/mol. The summed E-state index contributed by atoms with van der Waals surface area (Å²) in [6.07, 6.45) is 0. The minimum Gasteiger partial charge on any atom is -0.490 e. The number of rotatable bonds is 10. The van der Waals surface area contributed by atoms with Crippen molar-refractivity contribution < 1.29 is 18.9 Å². The Morgan fingerprint density at radius 3 is 2.17 bits per heavy atom. The summed E-state index contributed by atoms with van der Waals surface area (Å²) in [6.45, 7) is 3.52. The highest BCUT2D eigenvalue weighted by Crippen LogP contribution is 2.19. The molecule has 0 bridgehead atoms. The maximum Gasteiger partial charge on any atom is 0.132 e. The third-order valence-corrected chi connectivity index (χ3v) is 3.02. The van der Waals surface area contributed by atoms with E-state index in [0.717, 1.165) is 9.32 Å². The van der Waals surface area contributed by atoms with Crippen molar-refractivity contribution in [2.75, 3.05) is 46.8 Å². The van der Waals surface area contributed by atoms with E-state index in [4.69, 9.17) is 18.9 Å². The van der Waals surface area contributed by atoms with Gasteiger partial charge >= 0.3 is 0 Å². The Bertz CT molecular complexity index is 320. The summed E-state index contributed by atoms with van der Waals surface area (Å²) < 4.78 is 22.2. The van der Waals surface area contributed by atoms with Crippen molar-refractivity contribution in [3.05, 3.63) is 27.8 Å². The second kappa shape index (κ2) is 10.5. The first-order chi connectivity index (χ1) is 8.84. The van der Waals surface area contributed by atoms with Gasteiger partial charge in [0, 0.05) is 7.11 Å². The Morgan fingerprint density at radius 2 is 1.50 bits per heavy atom.